The van der Waals surface area contributed by atoms with Crippen LogP contribution < -0.4 is 10.6 Å². The first-order valence-electron chi connectivity index (χ1n) is 9.98. The molecule has 1 fully saturated rings. The molecule has 1 aliphatic heterocycles. The minimum absolute atomic E-state index is 0.0487. The van der Waals surface area contributed by atoms with Crippen molar-refractivity contribution >= 4 is 23.0 Å². The number of rotatable bonds is 4. The van der Waals surface area contributed by atoms with Crippen molar-refractivity contribution in [2.75, 3.05) is 5.32 Å². The molecule has 1 aromatic carbocycles. The number of thiocarbonyl (C=S) groups is 1. The Morgan fingerprint density at radius 3 is 2.36 bits per heavy atom. The van der Waals surface area contributed by atoms with E-state index in [4.69, 9.17) is 12.2 Å². The lowest BCUT2D eigenvalue weighted by Gasteiger charge is -2.50. The Labute approximate surface area is 174 Å². The number of benzene rings is 1. The summed E-state index contributed by atoms with van der Waals surface area (Å²) in [5.41, 5.74) is 3.38. The molecule has 1 aliphatic rings. The average Bonchev–Trinajstić information content (AvgIpc) is 2.60. The second-order valence-corrected chi connectivity index (χ2v) is 9.54. The van der Waals surface area contributed by atoms with Gasteiger partial charge in [0.2, 0.25) is 0 Å². The van der Waals surface area contributed by atoms with E-state index in [2.05, 4.69) is 73.3 Å². The number of hydrogen-bond acceptors (Lipinski definition) is 3. The first-order valence-corrected chi connectivity index (χ1v) is 10.4. The van der Waals surface area contributed by atoms with Gasteiger partial charge in [-0.3, -0.25) is 4.98 Å². The standard InChI is InChI=1S/C23H32N4S/c1-17-10-6-7-12-20(17)25-21(28)27(16-18-11-8-9-13-24-18)19-14-22(2,3)26-23(4,5)15-19/h6-13,19,26H,14-16H2,1-5H3,(H,25,28). The van der Waals surface area contributed by atoms with Gasteiger partial charge in [0, 0.05) is 29.0 Å². The number of nitrogens with zero attached hydrogens (tertiary/aromatic N) is 2. The van der Waals surface area contributed by atoms with E-state index in [1.54, 1.807) is 0 Å². The lowest BCUT2D eigenvalue weighted by Crippen LogP contribution is -2.63. The molecule has 2 aromatic rings. The zero-order chi connectivity index (χ0) is 20.4. The number of aryl methyl sites for hydroxylation is 1. The Kier molecular flexibility index (Phi) is 6.06. The fraction of sp³-hybridized carbons (Fsp3) is 0.478. The van der Waals surface area contributed by atoms with Gasteiger partial charge in [-0.15, -0.1) is 0 Å². The van der Waals surface area contributed by atoms with Crippen molar-refractivity contribution in [1.29, 1.82) is 0 Å². The van der Waals surface area contributed by atoms with Gasteiger partial charge in [0.05, 0.1) is 12.2 Å². The smallest absolute Gasteiger partial charge is 0.174 e. The molecule has 150 valence electrons. The monoisotopic (exact) mass is 396 g/mol. The van der Waals surface area contributed by atoms with E-state index in [9.17, 15) is 0 Å². The third-order valence-electron chi connectivity index (χ3n) is 5.32. The van der Waals surface area contributed by atoms with E-state index in [-0.39, 0.29) is 11.1 Å². The van der Waals surface area contributed by atoms with Crippen LogP contribution in [0.2, 0.25) is 0 Å². The summed E-state index contributed by atoms with van der Waals surface area (Å²) in [4.78, 5) is 6.88. The number of nitrogens with one attached hydrogen (secondary N) is 2. The van der Waals surface area contributed by atoms with Gasteiger partial charge in [-0.1, -0.05) is 24.3 Å². The van der Waals surface area contributed by atoms with Gasteiger partial charge in [0.1, 0.15) is 0 Å². The Hall–Kier alpha value is -1.98. The van der Waals surface area contributed by atoms with E-state index in [0.29, 0.717) is 12.6 Å². The van der Waals surface area contributed by atoms with Crippen LogP contribution in [-0.4, -0.2) is 32.1 Å². The van der Waals surface area contributed by atoms with Crippen LogP contribution in [-0.2, 0) is 6.54 Å². The average molecular weight is 397 g/mol. The van der Waals surface area contributed by atoms with E-state index in [1.807, 2.05) is 30.5 Å². The molecule has 0 bridgehead atoms. The van der Waals surface area contributed by atoms with Crippen LogP contribution in [0, 0.1) is 6.92 Å². The predicted molar refractivity (Wildman–Crippen MR) is 121 cm³/mol. The topological polar surface area (TPSA) is 40.2 Å². The van der Waals surface area contributed by atoms with Gasteiger partial charge in [-0.25, -0.2) is 0 Å². The summed E-state index contributed by atoms with van der Waals surface area (Å²) in [5, 5.41) is 8.03. The molecule has 0 radical (unpaired) electrons. The highest BCUT2D eigenvalue weighted by Crippen LogP contribution is 2.32. The highest BCUT2D eigenvalue weighted by atomic mass is 32.1. The van der Waals surface area contributed by atoms with E-state index < -0.39 is 0 Å². The van der Waals surface area contributed by atoms with E-state index in [0.717, 1.165) is 29.3 Å². The van der Waals surface area contributed by atoms with Gasteiger partial charge in [-0.2, -0.15) is 0 Å². The number of pyridine rings is 1. The molecule has 2 heterocycles. The first-order chi connectivity index (χ1) is 13.2. The molecule has 0 amide bonds. The number of piperidine rings is 1. The van der Waals surface area contributed by atoms with E-state index in [1.165, 1.54) is 5.56 Å². The first kappa shape index (κ1) is 20.7. The van der Waals surface area contributed by atoms with Gasteiger partial charge in [0.25, 0.3) is 0 Å². The summed E-state index contributed by atoms with van der Waals surface area (Å²) in [6.07, 6.45) is 3.90. The largest absolute Gasteiger partial charge is 0.340 e. The van der Waals surface area contributed by atoms with Crippen LogP contribution in [0.5, 0.6) is 0 Å². The zero-order valence-corrected chi connectivity index (χ0v) is 18.4. The molecule has 0 unspecified atom stereocenters. The normalized spacial score (nSPS) is 18.5. The van der Waals surface area contributed by atoms with Gasteiger partial charge >= 0.3 is 0 Å². The van der Waals surface area contributed by atoms with Crippen molar-refractivity contribution in [1.82, 2.24) is 15.2 Å². The summed E-state index contributed by atoms with van der Waals surface area (Å²) in [5.74, 6) is 0. The molecular weight excluding hydrogens is 364 g/mol. The highest BCUT2D eigenvalue weighted by Gasteiger charge is 2.40. The molecule has 1 aromatic heterocycles. The molecule has 0 atom stereocenters. The lowest BCUT2D eigenvalue weighted by atomic mass is 9.79. The SMILES string of the molecule is Cc1ccccc1NC(=S)N(Cc1ccccn1)C1CC(C)(C)NC(C)(C)C1. The zero-order valence-electron chi connectivity index (χ0n) is 17.6. The molecule has 28 heavy (non-hydrogen) atoms. The summed E-state index contributed by atoms with van der Waals surface area (Å²) in [6, 6.07) is 14.7. The van der Waals surface area contributed by atoms with Gasteiger partial charge in [-0.05, 0) is 83.4 Å². The maximum atomic E-state index is 5.91. The molecule has 4 nitrogen and oxygen atoms in total. The van der Waals surface area contributed by atoms with Crippen molar-refractivity contribution in [3.05, 3.63) is 59.9 Å². The molecule has 0 saturated carbocycles. The van der Waals surface area contributed by atoms with Crippen LogP contribution in [0.3, 0.4) is 0 Å². The molecule has 5 heteroatoms. The van der Waals surface area contributed by atoms with Gasteiger partial charge in [0.15, 0.2) is 5.11 Å². The predicted octanol–water partition coefficient (Wildman–Crippen LogP) is 4.90. The van der Waals surface area contributed by atoms with E-state index >= 15 is 0 Å². The third kappa shape index (κ3) is 5.30. The Bertz CT molecular complexity index is 800. The highest BCUT2D eigenvalue weighted by molar-refractivity contribution is 7.80. The van der Waals surface area contributed by atoms with Crippen LogP contribution in [0.1, 0.15) is 51.8 Å². The second-order valence-electron chi connectivity index (χ2n) is 9.15. The number of para-hydroxylation sites is 1. The quantitative estimate of drug-likeness (QED) is 0.720. The second kappa shape index (κ2) is 8.18. The van der Waals surface area contributed by atoms with Crippen molar-refractivity contribution in [3.8, 4) is 0 Å². The number of hydrogen-bond donors (Lipinski definition) is 2. The van der Waals surface area contributed by atoms with Crippen LogP contribution >= 0.6 is 12.2 Å². The van der Waals surface area contributed by atoms with Crippen molar-refractivity contribution in [2.45, 2.75) is 71.1 Å². The summed E-state index contributed by atoms with van der Waals surface area (Å²) < 4.78 is 0. The van der Waals surface area contributed by atoms with Crippen molar-refractivity contribution in [3.63, 3.8) is 0 Å². The fourth-order valence-electron chi connectivity index (χ4n) is 4.42. The van der Waals surface area contributed by atoms with Crippen LogP contribution in [0.25, 0.3) is 0 Å². The summed E-state index contributed by atoms with van der Waals surface area (Å²) >= 11 is 5.91. The fourth-order valence-corrected chi connectivity index (χ4v) is 4.75. The minimum atomic E-state index is 0.0487. The third-order valence-corrected chi connectivity index (χ3v) is 5.65. The molecule has 1 saturated heterocycles. The Morgan fingerprint density at radius 1 is 1.11 bits per heavy atom. The molecule has 0 aliphatic carbocycles. The summed E-state index contributed by atoms with van der Waals surface area (Å²) in [6.45, 7) is 11.9. The maximum absolute atomic E-state index is 5.91. The molecule has 2 N–H and O–H groups in total. The maximum Gasteiger partial charge on any atom is 0.174 e. The Morgan fingerprint density at radius 2 is 1.75 bits per heavy atom. The number of aromatic nitrogens is 1. The summed E-state index contributed by atoms with van der Waals surface area (Å²) in [7, 11) is 0. The van der Waals surface area contributed by atoms with Gasteiger partial charge < -0.3 is 15.5 Å². The molecule has 3 rings (SSSR count). The van der Waals surface area contributed by atoms with Crippen molar-refractivity contribution in [2.24, 2.45) is 0 Å². The number of anilines is 1. The molecule has 0 spiro atoms. The lowest BCUT2D eigenvalue weighted by molar-refractivity contribution is 0.101. The minimum Gasteiger partial charge on any atom is -0.340 e. The van der Waals surface area contributed by atoms with Crippen LogP contribution in [0.15, 0.2) is 48.7 Å². The Balaban J connectivity index is 1.88. The van der Waals surface area contributed by atoms with Crippen molar-refractivity contribution < 1.29 is 0 Å². The molecular formula is C23H32N4S. The van der Waals surface area contributed by atoms with Crippen LogP contribution in [0.4, 0.5) is 5.69 Å².